The summed E-state index contributed by atoms with van der Waals surface area (Å²) < 4.78 is 0. The zero-order chi connectivity index (χ0) is 20.7. The van der Waals surface area contributed by atoms with Gasteiger partial charge in [-0.1, -0.05) is 45.9 Å². The number of nitrogens with one attached hydrogen (secondary N) is 2. The lowest BCUT2D eigenvalue weighted by molar-refractivity contribution is 0.0952. The monoisotopic (exact) mass is 382 g/mol. The average molecular weight is 383 g/mol. The number of hydrogen-bond donors (Lipinski definition) is 2. The van der Waals surface area contributed by atoms with Crippen LogP contribution < -0.4 is 10.6 Å². The molecule has 1 aromatic carbocycles. The Morgan fingerprint density at radius 3 is 2.18 bits per heavy atom. The summed E-state index contributed by atoms with van der Waals surface area (Å²) in [6.45, 7) is 10.4. The number of pyridine rings is 1. The number of hydrogen-bond acceptors (Lipinski definition) is 4. The molecule has 1 aromatic heterocycles. The molecule has 2 rings (SSSR count). The predicted molar refractivity (Wildman–Crippen MR) is 118 cm³/mol. The van der Waals surface area contributed by atoms with Crippen molar-refractivity contribution in [3.63, 3.8) is 0 Å². The maximum atomic E-state index is 12.3. The number of nitrogens with zero attached hydrogens (tertiary/aromatic N) is 2. The first kappa shape index (κ1) is 21.9. The predicted octanol–water partition coefficient (Wildman–Crippen LogP) is 4.75. The van der Waals surface area contributed by atoms with E-state index >= 15 is 0 Å². The quantitative estimate of drug-likeness (QED) is 0.614. The van der Waals surface area contributed by atoms with Crippen LogP contribution in [0.1, 0.15) is 67.4 Å². The van der Waals surface area contributed by atoms with Crippen LogP contribution in [0.4, 0.5) is 11.5 Å². The van der Waals surface area contributed by atoms with Crippen molar-refractivity contribution >= 4 is 17.4 Å². The van der Waals surface area contributed by atoms with Gasteiger partial charge < -0.3 is 15.5 Å². The van der Waals surface area contributed by atoms with Crippen molar-refractivity contribution in [3.8, 4) is 0 Å². The SMILES string of the molecule is CC(C)c1cccc(C(C)C)c1Nc1ccc(C(=O)NCCCN(C)C)cn1. The molecule has 0 fully saturated rings. The molecule has 5 nitrogen and oxygen atoms in total. The molecule has 0 aliphatic heterocycles. The molecule has 28 heavy (non-hydrogen) atoms. The van der Waals surface area contributed by atoms with Crippen LogP contribution >= 0.6 is 0 Å². The van der Waals surface area contributed by atoms with E-state index in [4.69, 9.17) is 0 Å². The number of benzene rings is 1. The molecule has 0 bridgehead atoms. The van der Waals surface area contributed by atoms with Crippen LogP contribution in [0, 0.1) is 0 Å². The number of rotatable bonds is 9. The molecule has 0 radical (unpaired) electrons. The zero-order valence-electron chi connectivity index (χ0n) is 18.0. The minimum atomic E-state index is -0.0803. The van der Waals surface area contributed by atoms with Crippen molar-refractivity contribution in [3.05, 3.63) is 53.2 Å². The van der Waals surface area contributed by atoms with E-state index in [-0.39, 0.29) is 5.91 Å². The first-order valence-electron chi connectivity index (χ1n) is 10.1. The summed E-state index contributed by atoms with van der Waals surface area (Å²) in [5.74, 6) is 1.49. The van der Waals surface area contributed by atoms with Gasteiger partial charge in [-0.3, -0.25) is 4.79 Å². The van der Waals surface area contributed by atoms with Gasteiger partial charge in [-0.05, 0) is 62.2 Å². The lowest BCUT2D eigenvalue weighted by Gasteiger charge is -2.20. The molecule has 0 saturated carbocycles. The minimum absolute atomic E-state index is 0.0803. The van der Waals surface area contributed by atoms with Gasteiger partial charge in [0.05, 0.1) is 5.56 Å². The molecule has 2 N–H and O–H groups in total. The van der Waals surface area contributed by atoms with Crippen molar-refractivity contribution in [2.45, 2.75) is 46.0 Å². The van der Waals surface area contributed by atoms with E-state index in [0.29, 0.717) is 23.9 Å². The molecule has 0 spiro atoms. The van der Waals surface area contributed by atoms with Gasteiger partial charge in [-0.2, -0.15) is 0 Å². The summed E-state index contributed by atoms with van der Waals surface area (Å²) >= 11 is 0. The van der Waals surface area contributed by atoms with Crippen LogP contribution in [0.3, 0.4) is 0 Å². The van der Waals surface area contributed by atoms with Gasteiger partial charge in [0, 0.05) is 18.4 Å². The highest BCUT2D eigenvalue weighted by atomic mass is 16.1. The Morgan fingerprint density at radius 1 is 1.04 bits per heavy atom. The summed E-state index contributed by atoms with van der Waals surface area (Å²) in [6.07, 6.45) is 2.56. The van der Waals surface area contributed by atoms with Crippen molar-refractivity contribution in [1.29, 1.82) is 0 Å². The van der Waals surface area contributed by atoms with Crippen LogP contribution in [-0.2, 0) is 0 Å². The van der Waals surface area contributed by atoms with Gasteiger partial charge in [-0.15, -0.1) is 0 Å². The van der Waals surface area contributed by atoms with Crippen LogP contribution in [0.25, 0.3) is 0 Å². The number of para-hydroxylation sites is 1. The van der Waals surface area contributed by atoms with E-state index in [0.717, 1.165) is 24.5 Å². The van der Waals surface area contributed by atoms with Crippen LogP contribution in [0.5, 0.6) is 0 Å². The highest BCUT2D eigenvalue weighted by Gasteiger charge is 2.14. The summed E-state index contributed by atoms with van der Waals surface area (Å²) in [4.78, 5) is 18.8. The zero-order valence-corrected chi connectivity index (χ0v) is 18.0. The van der Waals surface area contributed by atoms with Crippen molar-refractivity contribution in [2.24, 2.45) is 0 Å². The number of aromatic nitrogens is 1. The fraction of sp³-hybridized carbons (Fsp3) is 0.478. The molecule has 5 heteroatoms. The second-order valence-electron chi connectivity index (χ2n) is 8.09. The van der Waals surface area contributed by atoms with Crippen molar-refractivity contribution in [2.75, 3.05) is 32.5 Å². The average Bonchev–Trinajstić information content (AvgIpc) is 2.65. The van der Waals surface area contributed by atoms with Crippen molar-refractivity contribution < 1.29 is 4.79 Å². The second-order valence-corrected chi connectivity index (χ2v) is 8.09. The maximum absolute atomic E-state index is 12.3. The van der Waals surface area contributed by atoms with E-state index in [2.05, 4.69) is 66.4 Å². The van der Waals surface area contributed by atoms with Crippen LogP contribution in [-0.4, -0.2) is 43.0 Å². The first-order chi connectivity index (χ1) is 13.3. The topological polar surface area (TPSA) is 57.3 Å². The molecule has 1 amide bonds. The number of anilines is 2. The third-order valence-corrected chi connectivity index (χ3v) is 4.72. The normalized spacial score (nSPS) is 11.3. The molecule has 0 atom stereocenters. The molecular weight excluding hydrogens is 348 g/mol. The van der Waals surface area contributed by atoms with E-state index in [1.807, 2.05) is 26.2 Å². The highest BCUT2D eigenvalue weighted by molar-refractivity contribution is 5.94. The smallest absolute Gasteiger partial charge is 0.252 e. The Morgan fingerprint density at radius 2 is 1.68 bits per heavy atom. The lowest BCUT2D eigenvalue weighted by Crippen LogP contribution is -2.27. The number of amides is 1. The Kier molecular flexibility index (Phi) is 8.00. The summed E-state index contributed by atoms with van der Waals surface area (Å²) in [6, 6.07) is 10.1. The van der Waals surface area contributed by atoms with E-state index in [9.17, 15) is 4.79 Å². The Labute approximate surface area is 169 Å². The Balaban J connectivity index is 2.10. The van der Waals surface area contributed by atoms with E-state index < -0.39 is 0 Å². The standard InChI is InChI=1S/C23H34N4O/c1-16(2)19-9-7-10-20(17(3)4)22(19)26-21-12-11-18(15-25-21)23(28)24-13-8-14-27(5)6/h7,9-12,15-17H,8,13-14H2,1-6H3,(H,24,28)(H,25,26). The molecule has 0 aliphatic carbocycles. The Hall–Kier alpha value is -2.40. The summed E-state index contributed by atoms with van der Waals surface area (Å²) in [5.41, 5.74) is 4.25. The molecule has 0 unspecified atom stereocenters. The van der Waals surface area contributed by atoms with Gasteiger partial charge in [0.25, 0.3) is 5.91 Å². The minimum Gasteiger partial charge on any atom is -0.352 e. The third kappa shape index (κ3) is 6.06. The Bertz CT molecular complexity index is 740. The number of carbonyl (C=O) groups excluding carboxylic acids is 1. The van der Waals surface area contributed by atoms with E-state index in [1.54, 1.807) is 6.20 Å². The molecule has 2 aromatic rings. The first-order valence-corrected chi connectivity index (χ1v) is 10.1. The summed E-state index contributed by atoms with van der Waals surface area (Å²) in [5, 5.41) is 6.43. The third-order valence-electron chi connectivity index (χ3n) is 4.72. The number of carbonyl (C=O) groups is 1. The van der Waals surface area contributed by atoms with Gasteiger partial charge in [0.2, 0.25) is 0 Å². The van der Waals surface area contributed by atoms with E-state index in [1.165, 1.54) is 11.1 Å². The molecule has 0 aliphatic rings. The van der Waals surface area contributed by atoms with Gasteiger partial charge in [-0.25, -0.2) is 4.98 Å². The van der Waals surface area contributed by atoms with Gasteiger partial charge in [0.15, 0.2) is 0 Å². The van der Waals surface area contributed by atoms with Crippen LogP contribution in [0.15, 0.2) is 36.5 Å². The maximum Gasteiger partial charge on any atom is 0.252 e. The van der Waals surface area contributed by atoms with Crippen LogP contribution in [0.2, 0.25) is 0 Å². The second kappa shape index (κ2) is 10.2. The highest BCUT2D eigenvalue weighted by Crippen LogP contribution is 2.34. The van der Waals surface area contributed by atoms with Gasteiger partial charge >= 0.3 is 0 Å². The van der Waals surface area contributed by atoms with Crippen molar-refractivity contribution in [1.82, 2.24) is 15.2 Å². The van der Waals surface area contributed by atoms with Gasteiger partial charge in [0.1, 0.15) is 5.82 Å². The fourth-order valence-corrected chi connectivity index (χ4v) is 3.12. The fourth-order valence-electron chi connectivity index (χ4n) is 3.12. The molecule has 0 saturated heterocycles. The summed E-state index contributed by atoms with van der Waals surface area (Å²) in [7, 11) is 4.05. The lowest BCUT2D eigenvalue weighted by atomic mass is 9.92. The largest absolute Gasteiger partial charge is 0.352 e. The molecular formula is C23H34N4O. The molecule has 1 heterocycles. The molecule has 152 valence electrons.